The summed E-state index contributed by atoms with van der Waals surface area (Å²) >= 11 is 0. The van der Waals surface area contributed by atoms with E-state index in [1.54, 1.807) is 17.1 Å². The third-order valence-corrected chi connectivity index (χ3v) is 2.57. The van der Waals surface area contributed by atoms with Crippen molar-refractivity contribution in [1.29, 1.82) is 0 Å². The van der Waals surface area contributed by atoms with Crippen LogP contribution in [0.5, 0.6) is 0 Å². The standard InChI is InChI=1S/C14H11N5/c1-2-4-12(5-3-1)16-17-13-6-8-14(9-7-13)19-11-10-15-18-19/h1-11H. The number of aromatic nitrogens is 3. The van der Waals surface area contributed by atoms with Gasteiger partial charge in [-0.25, -0.2) is 4.68 Å². The van der Waals surface area contributed by atoms with Crippen LogP contribution in [0.25, 0.3) is 5.69 Å². The van der Waals surface area contributed by atoms with Gasteiger partial charge in [-0.1, -0.05) is 23.4 Å². The predicted molar refractivity (Wildman–Crippen MR) is 72.0 cm³/mol. The zero-order chi connectivity index (χ0) is 12.9. The van der Waals surface area contributed by atoms with E-state index in [2.05, 4.69) is 20.5 Å². The minimum atomic E-state index is 0.799. The molecule has 1 aromatic heterocycles. The van der Waals surface area contributed by atoms with Crippen LogP contribution in [-0.4, -0.2) is 15.0 Å². The first-order valence-corrected chi connectivity index (χ1v) is 5.85. The second-order valence-corrected chi connectivity index (χ2v) is 3.90. The van der Waals surface area contributed by atoms with Gasteiger partial charge in [-0.05, 0) is 36.4 Å². The van der Waals surface area contributed by atoms with Crippen LogP contribution in [0.3, 0.4) is 0 Å². The van der Waals surface area contributed by atoms with Gasteiger partial charge in [0.1, 0.15) is 0 Å². The Bertz CT molecular complexity index is 657. The molecule has 0 aliphatic carbocycles. The Kier molecular flexibility index (Phi) is 3.10. The van der Waals surface area contributed by atoms with Crippen LogP contribution in [0.4, 0.5) is 11.4 Å². The number of nitrogens with zero attached hydrogens (tertiary/aromatic N) is 5. The second kappa shape index (κ2) is 5.22. The van der Waals surface area contributed by atoms with Gasteiger partial charge in [0.2, 0.25) is 0 Å². The van der Waals surface area contributed by atoms with E-state index >= 15 is 0 Å². The molecular weight excluding hydrogens is 238 g/mol. The summed E-state index contributed by atoms with van der Waals surface area (Å²) in [6.07, 6.45) is 3.43. The fourth-order valence-electron chi connectivity index (χ4n) is 1.63. The smallest absolute Gasteiger partial charge is 0.0858 e. The lowest BCUT2D eigenvalue weighted by Gasteiger charge is -1.99. The van der Waals surface area contributed by atoms with Crippen LogP contribution in [0.2, 0.25) is 0 Å². The number of azo groups is 1. The van der Waals surface area contributed by atoms with E-state index in [9.17, 15) is 0 Å². The lowest BCUT2D eigenvalue weighted by atomic mass is 10.3. The topological polar surface area (TPSA) is 55.4 Å². The molecule has 3 rings (SSSR count). The van der Waals surface area contributed by atoms with Gasteiger partial charge < -0.3 is 0 Å². The monoisotopic (exact) mass is 249 g/mol. The van der Waals surface area contributed by atoms with Crippen LogP contribution in [-0.2, 0) is 0 Å². The Labute approximate surface area is 110 Å². The Morgan fingerprint density at radius 1 is 0.789 bits per heavy atom. The fourth-order valence-corrected chi connectivity index (χ4v) is 1.63. The molecule has 0 N–H and O–H groups in total. The maximum atomic E-state index is 4.18. The Morgan fingerprint density at radius 3 is 2.11 bits per heavy atom. The average Bonchev–Trinajstić information content (AvgIpc) is 3.01. The molecule has 5 nitrogen and oxygen atoms in total. The van der Waals surface area contributed by atoms with Crippen molar-refractivity contribution in [3.63, 3.8) is 0 Å². The van der Waals surface area contributed by atoms with Crippen LogP contribution in [0, 0.1) is 0 Å². The first-order valence-electron chi connectivity index (χ1n) is 5.85. The van der Waals surface area contributed by atoms with Gasteiger partial charge in [-0.2, -0.15) is 10.2 Å². The molecular formula is C14H11N5. The molecule has 1 heterocycles. The minimum absolute atomic E-state index is 0.799. The number of hydrogen-bond donors (Lipinski definition) is 0. The van der Waals surface area contributed by atoms with Gasteiger partial charge in [-0.15, -0.1) is 5.10 Å². The zero-order valence-corrected chi connectivity index (χ0v) is 10.1. The normalized spacial score (nSPS) is 10.9. The summed E-state index contributed by atoms with van der Waals surface area (Å²) in [6, 6.07) is 17.3. The highest BCUT2D eigenvalue weighted by molar-refractivity contribution is 5.44. The van der Waals surface area contributed by atoms with Crippen molar-refractivity contribution in [2.75, 3.05) is 0 Å². The molecule has 0 saturated carbocycles. The molecule has 3 aromatic rings. The summed E-state index contributed by atoms with van der Waals surface area (Å²) in [5, 5.41) is 16.0. The highest BCUT2D eigenvalue weighted by atomic mass is 15.4. The molecule has 0 unspecified atom stereocenters. The molecule has 0 radical (unpaired) electrons. The lowest BCUT2D eigenvalue weighted by Crippen LogP contribution is -1.93. The van der Waals surface area contributed by atoms with Crippen LogP contribution >= 0.6 is 0 Å². The maximum Gasteiger partial charge on any atom is 0.0858 e. The van der Waals surface area contributed by atoms with Crippen LogP contribution < -0.4 is 0 Å². The number of rotatable bonds is 3. The van der Waals surface area contributed by atoms with Crippen molar-refractivity contribution in [3.8, 4) is 5.69 Å². The van der Waals surface area contributed by atoms with E-state index in [4.69, 9.17) is 0 Å². The Hall–Kier alpha value is -2.82. The maximum absolute atomic E-state index is 4.18. The minimum Gasteiger partial charge on any atom is -0.221 e. The van der Waals surface area contributed by atoms with Gasteiger partial charge >= 0.3 is 0 Å². The number of benzene rings is 2. The molecule has 19 heavy (non-hydrogen) atoms. The SMILES string of the molecule is c1ccc(N=Nc2ccc(-n3ccnn3)cc2)cc1. The summed E-state index contributed by atoms with van der Waals surface area (Å²) in [7, 11) is 0. The van der Waals surface area contributed by atoms with Crippen molar-refractivity contribution in [2.45, 2.75) is 0 Å². The molecule has 0 aliphatic heterocycles. The first-order chi connectivity index (χ1) is 9.42. The molecule has 0 aliphatic rings. The largest absolute Gasteiger partial charge is 0.221 e. The van der Waals surface area contributed by atoms with Crippen LogP contribution in [0.1, 0.15) is 0 Å². The molecule has 0 amide bonds. The molecule has 0 bridgehead atoms. The Morgan fingerprint density at radius 2 is 1.47 bits per heavy atom. The van der Waals surface area contributed by atoms with E-state index < -0.39 is 0 Å². The van der Waals surface area contributed by atoms with Gasteiger partial charge in [0, 0.05) is 0 Å². The zero-order valence-electron chi connectivity index (χ0n) is 10.1. The van der Waals surface area contributed by atoms with E-state index in [1.807, 2.05) is 54.6 Å². The molecule has 5 heteroatoms. The third-order valence-electron chi connectivity index (χ3n) is 2.57. The van der Waals surface area contributed by atoms with Gasteiger partial charge in [-0.3, -0.25) is 0 Å². The van der Waals surface area contributed by atoms with E-state index in [0.717, 1.165) is 17.1 Å². The summed E-state index contributed by atoms with van der Waals surface area (Å²) in [6.45, 7) is 0. The van der Waals surface area contributed by atoms with Gasteiger partial charge in [0.15, 0.2) is 0 Å². The quantitative estimate of drug-likeness (QED) is 0.665. The average molecular weight is 249 g/mol. The number of hydrogen-bond acceptors (Lipinski definition) is 4. The summed E-state index contributed by atoms with van der Waals surface area (Å²) in [4.78, 5) is 0. The molecule has 92 valence electrons. The van der Waals surface area contributed by atoms with Crippen molar-refractivity contribution in [1.82, 2.24) is 15.0 Å². The lowest BCUT2D eigenvalue weighted by molar-refractivity contribution is 0.803. The van der Waals surface area contributed by atoms with Crippen LogP contribution in [0.15, 0.2) is 77.2 Å². The molecule has 2 aromatic carbocycles. The Balaban J connectivity index is 1.78. The summed E-state index contributed by atoms with van der Waals surface area (Å²) in [5.74, 6) is 0. The van der Waals surface area contributed by atoms with E-state index in [1.165, 1.54) is 0 Å². The summed E-state index contributed by atoms with van der Waals surface area (Å²) in [5.41, 5.74) is 2.58. The summed E-state index contributed by atoms with van der Waals surface area (Å²) < 4.78 is 1.69. The van der Waals surface area contributed by atoms with Gasteiger partial charge in [0.05, 0.1) is 29.5 Å². The second-order valence-electron chi connectivity index (χ2n) is 3.90. The van der Waals surface area contributed by atoms with E-state index in [0.29, 0.717) is 0 Å². The van der Waals surface area contributed by atoms with Crippen molar-refractivity contribution in [3.05, 3.63) is 67.0 Å². The predicted octanol–water partition coefficient (Wildman–Crippen LogP) is 3.68. The molecule has 0 fully saturated rings. The van der Waals surface area contributed by atoms with Crippen molar-refractivity contribution < 1.29 is 0 Å². The molecule has 0 atom stereocenters. The van der Waals surface area contributed by atoms with Crippen molar-refractivity contribution >= 4 is 11.4 Å². The first kappa shape index (κ1) is 11.3. The van der Waals surface area contributed by atoms with Crippen molar-refractivity contribution in [2.24, 2.45) is 10.2 Å². The molecule has 0 spiro atoms. The highest BCUT2D eigenvalue weighted by Crippen LogP contribution is 2.19. The fraction of sp³-hybridized carbons (Fsp3) is 0. The molecule has 0 saturated heterocycles. The van der Waals surface area contributed by atoms with E-state index in [-0.39, 0.29) is 0 Å². The van der Waals surface area contributed by atoms with Gasteiger partial charge in [0.25, 0.3) is 0 Å². The highest BCUT2D eigenvalue weighted by Gasteiger charge is 1.96. The third kappa shape index (κ3) is 2.71.